The fourth-order valence-electron chi connectivity index (χ4n) is 1.66. The summed E-state index contributed by atoms with van der Waals surface area (Å²) in [5.41, 5.74) is -0.103. The fraction of sp³-hybridized carbons (Fsp3) is 0.733. The molecule has 1 rings (SSSR count). The number of nitrogens with one attached hydrogen (secondary N) is 2. The van der Waals surface area contributed by atoms with E-state index in [1.807, 2.05) is 26.8 Å². The molecule has 5 nitrogen and oxygen atoms in total. The topological polar surface area (TPSA) is 70.1 Å². The third-order valence-electron chi connectivity index (χ3n) is 3.27. The second-order valence-corrected chi connectivity index (χ2v) is 6.34. The first-order valence-electron chi connectivity index (χ1n) is 7.28. The minimum absolute atomic E-state index is 0.103. The summed E-state index contributed by atoms with van der Waals surface area (Å²) >= 11 is 0. The molecule has 0 radical (unpaired) electrons. The summed E-state index contributed by atoms with van der Waals surface area (Å²) < 4.78 is 0. The minimum Gasteiger partial charge on any atom is -0.396 e. The molecule has 0 aliphatic rings. The van der Waals surface area contributed by atoms with Crippen LogP contribution in [0.25, 0.3) is 0 Å². The molecule has 1 aromatic heterocycles. The van der Waals surface area contributed by atoms with Crippen LogP contribution in [0.1, 0.15) is 47.4 Å². The van der Waals surface area contributed by atoms with Crippen molar-refractivity contribution in [1.29, 1.82) is 0 Å². The SMILES string of the molecule is CCNc1cc(NC(C)C(C)CO)nc(C(C)(C)C)n1. The first-order valence-corrected chi connectivity index (χ1v) is 7.28. The molecule has 0 spiro atoms. The van der Waals surface area contributed by atoms with Gasteiger partial charge in [0.05, 0.1) is 0 Å². The molecule has 0 bridgehead atoms. The van der Waals surface area contributed by atoms with Crippen LogP contribution >= 0.6 is 0 Å². The monoisotopic (exact) mass is 280 g/mol. The highest BCUT2D eigenvalue weighted by atomic mass is 16.3. The summed E-state index contributed by atoms with van der Waals surface area (Å²) in [5, 5.41) is 15.8. The van der Waals surface area contributed by atoms with Gasteiger partial charge in [0.2, 0.25) is 0 Å². The summed E-state index contributed by atoms with van der Waals surface area (Å²) in [5.74, 6) is 2.61. The van der Waals surface area contributed by atoms with Gasteiger partial charge < -0.3 is 15.7 Å². The molecule has 1 aromatic rings. The number of hydrogen-bond donors (Lipinski definition) is 3. The lowest BCUT2D eigenvalue weighted by atomic mass is 9.95. The third kappa shape index (κ3) is 4.63. The van der Waals surface area contributed by atoms with Gasteiger partial charge in [-0.25, -0.2) is 9.97 Å². The summed E-state index contributed by atoms with van der Waals surface area (Å²) in [7, 11) is 0. The second kappa shape index (κ2) is 6.88. The summed E-state index contributed by atoms with van der Waals surface area (Å²) in [6.45, 7) is 13.4. The largest absolute Gasteiger partial charge is 0.396 e. The highest BCUT2D eigenvalue weighted by Gasteiger charge is 2.20. The van der Waals surface area contributed by atoms with Crippen molar-refractivity contribution < 1.29 is 5.11 Å². The van der Waals surface area contributed by atoms with E-state index in [1.54, 1.807) is 0 Å². The van der Waals surface area contributed by atoms with E-state index in [-0.39, 0.29) is 24.0 Å². The van der Waals surface area contributed by atoms with Crippen LogP contribution in [0.15, 0.2) is 6.07 Å². The molecule has 5 heteroatoms. The van der Waals surface area contributed by atoms with Crippen LogP contribution in [0, 0.1) is 5.92 Å². The van der Waals surface area contributed by atoms with E-state index in [4.69, 9.17) is 0 Å². The maximum absolute atomic E-state index is 9.22. The molecule has 0 saturated carbocycles. The predicted molar refractivity (Wildman–Crippen MR) is 84.2 cm³/mol. The number of nitrogens with zero attached hydrogens (tertiary/aromatic N) is 2. The highest BCUT2D eigenvalue weighted by Crippen LogP contribution is 2.23. The van der Waals surface area contributed by atoms with E-state index in [0.29, 0.717) is 0 Å². The van der Waals surface area contributed by atoms with Crippen LogP contribution < -0.4 is 10.6 Å². The second-order valence-electron chi connectivity index (χ2n) is 6.34. The van der Waals surface area contributed by atoms with Crippen molar-refractivity contribution in [2.24, 2.45) is 5.92 Å². The zero-order chi connectivity index (χ0) is 15.3. The molecule has 0 aromatic carbocycles. The standard InChI is InChI=1S/C15H28N4O/c1-7-16-12-8-13(17-11(3)10(2)9-20)19-14(18-12)15(4,5)6/h8,10-11,20H,7,9H2,1-6H3,(H2,16,17,18,19). The van der Waals surface area contributed by atoms with Crippen LogP contribution in [0.5, 0.6) is 0 Å². The van der Waals surface area contributed by atoms with E-state index < -0.39 is 0 Å². The molecule has 1 heterocycles. The van der Waals surface area contributed by atoms with Gasteiger partial charge in [-0.3, -0.25) is 0 Å². The van der Waals surface area contributed by atoms with Crippen molar-refractivity contribution in [2.75, 3.05) is 23.8 Å². The van der Waals surface area contributed by atoms with Crippen molar-refractivity contribution in [2.45, 2.75) is 53.0 Å². The Morgan fingerprint density at radius 2 is 1.80 bits per heavy atom. The van der Waals surface area contributed by atoms with Crippen LogP contribution in [0.4, 0.5) is 11.6 Å². The van der Waals surface area contributed by atoms with Crippen molar-refractivity contribution in [3.63, 3.8) is 0 Å². The smallest absolute Gasteiger partial charge is 0.138 e. The van der Waals surface area contributed by atoms with E-state index in [2.05, 4.69) is 41.4 Å². The molecule has 0 saturated heterocycles. The quantitative estimate of drug-likeness (QED) is 0.747. The molecule has 114 valence electrons. The van der Waals surface area contributed by atoms with Crippen LogP contribution in [-0.2, 0) is 5.41 Å². The number of rotatable bonds is 6. The van der Waals surface area contributed by atoms with E-state index in [1.165, 1.54) is 0 Å². The van der Waals surface area contributed by atoms with E-state index in [9.17, 15) is 5.11 Å². The van der Waals surface area contributed by atoms with Gasteiger partial charge in [-0.15, -0.1) is 0 Å². The molecule has 3 N–H and O–H groups in total. The first kappa shape index (κ1) is 16.7. The molecule has 0 aliphatic carbocycles. The number of anilines is 2. The predicted octanol–water partition coefficient (Wildman–Crippen LogP) is 2.63. The van der Waals surface area contributed by atoms with Gasteiger partial charge in [-0.1, -0.05) is 27.7 Å². The van der Waals surface area contributed by atoms with E-state index >= 15 is 0 Å². The highest BCUT2D eigenvalue weighted by molar-refractivity contribution is 5.48. The van der Waals surface area contributed by atoms with Gasteiger partial charge in [-0.05, 0) is 19.8 Å². The minimum atomic E-state index is -0.103. The zero-order valence-electron chi connectivity index (χ0n) is 13.5. The van der Waals surface area contributed by atoms with Crippen molar-refractivity contribution in [3.8, 4) is 0 Å². The molecular formula is C15H28N4O. The Morgan fingerprint density at radius 1 is 1.20 bits per heavy atom. The Morgan fingerprint density at radius 3 is 2.30 bits per heavy atom. The Kier molecular flexibility index (Phi) is 5.74. The van der Waals surface area contributed by atoms with Crippen molar-refractivity contribution in [1.82, 2.24) is 9.97 Å². The molecule has 0 amide bonds. The van der Waals surface area contributed by atoms with E-state index in [0.717, 1.165) is 24.0 Å². The summed E-state index contributed by atoms with van der Waals surface area (Å²) in [4.78, 5) is 9.15. The zero-order valence-corrected chi connectivity index (χ0v) is 13.5. The maximum Gasteiger partial charge on any atom is 0.138 e. The number of aliphatic hydroxyl groups excluding tert-OH is 1. The number of aromatic nitrogens is 2. The lowest BCUT2D eigenvalue weighted by Crippen LogP contribution is -2.27. The van der Waals surface area contributed by atoms with Crippen LogP contribution in [0.2, 0.25) is 0 Å². The maximum atomic E-state index is 9.22. The Labute approximate surface area is 122 Å². The van der Waals surface area contributed by atoms with Gasteiger partial charge in [0.1, 0.15) is 17.5 Å². The molecular weight excluding hydrogens is 252 g/mol. The molecule has 2 atom stereocenters. The lowest BCUT2D eigenvalue weighted by Gasteiger charge is -2.23. The van der Waals surface area contributed by atoms with Gasteiger partial charge in [-0.2, -0.15) is 0 Å². The molecule has 20 heavy (non-hydrogen) atoms. The van der Waals surface area contributed by atoms with Gasteiger partial charge in [0.15, 0.2) is 0 Å². The third-order valence-corrected chi connectivity index (χ3v) is 3.27. The lowest BCUT2D eigenvalue weighted by molar-refractivity contribution is 0.226. The Bertz CT molecular complexity index is 428. The summed E-state index contributed by atoms with van der Waals surface area (Å²) in [6, 6.07) is 2.07. The van der Waals surface area contributed by atoms with Crippen molar-refractivity contribution >= 4 is 11.6 Å². The van der Waals surface area contributed by atoms with Gasteiger partial charge in [0, 0.05) is 30.7 Å². The van der Waals surface area contributed by atoms with Gasteiger partial charge >= 0.3 is 0 Å². The van der Waals surface area contributed by atoms with Crippen molar-refractivity contribution in [3.05, 3.63) is 11.9 Å². The average Bonchev–Trinajstić information content (AvgIpc) is 2.36. The Balaban J connectivity index is 3.03. The first-order chi connectivity index (χ1) is 9.27. The Hall–Kier alpha value is -1.36. The normalized spacial score (nSPS) is 14.8. The summed E-state index contributed by atoms with van der Waals surface area (Å²) in [6.07, 6.45) is 0. The molecule has 0 fully saturated rings. The van der Waals surface area contributed by atoms with Crippen LogP contribution in [-0.4, -0.2) is 34.3 Å². The molecule has 2 unspecified atom stereocenters. The number of aliphatic hydroxyl groups is 1. The van der Waals surface area contributed by atoms with Gasteiger partial charge in [0.25, 0.3) is 0 Å². The fourth-order valence-corrected chi connectivity index (χ4v) is 1.66. The molecule has 0 aliphatic heterocycles. The van der Waals surface area contributed by atoms with Crippen LogP contribution in [0.3, 0.4) is 0 Å². The number of hydrogen-bond acceptors (Lipinski definition) is 5. The average molecular weight is 280 g/mol.